The van der Waals surface area contributed by atoms with Crippen LogP contribution in [0.5, 0.6) is 0 Å². The van der Waals surface area contributed by atoms with Gasteiger partial charge in [-0.3, -0.25) is 0 Å². The molecule has 680 valence electrons. The maximum atomic E-state index is 9.61. The fourth-order valence-electron chi connectivity index (χ4n) is 20.8. The van der Waals surface area contributed by atoms with Gasteiger partial charge >= 0.3 is 0 Å². The number of rotatable bonds is 12. The Labute approximate surface area is 867 Å². The Morgan fingerprint density at radius 3 is 1.01 bits per heavy atom. The number of hydrogen-bond acceptors (Lipinski definition) is 8. The Kier molecular flexibility index (Phi) is 11.9. The molecule has 20 aromatic rings. The molecule has 136 heavy (non-hydrogen) atoms. The van der Waals surface area contributed by atoms with Gasteiger partial charge in [0.15, 0.2) is 47.1 Å². The Morgan fingerprint density at radius 2 is 0.654 bits per heavy atom. The van der Waals surface area contributed by atoms with Crippen molar-refractivity contribution in [2.24, 2.45) is 51.8 Å². The van der Waals surface area contributed by atoms with E-state index in [1.165, 1.54) is 48.5 Å². The van der Waals surface area contributed by atoms with Crippen LogP contribution in [0, 0.1) is 78.7 Å². The van der Waals surface area contributed by atoms with Gasteiger partial charge in [-0.2, -0.15) is 0 Å². The third-order valence-corrected chi connectivity index (χ3v) is 27.2. The molecular formula is C124H124N8O4+4. The highest BCUT2D eigenvalue weighted by Gasteiger charge is 2.51. The van der Waals surface area contributed by atoms with Gasteiger partial charge in [-0.1, -0.05) is 228 Å². The summed E-state index contributed by atoms with van der Waals surface area (Å²) in [6.07, 6.45) is -4.14. The van der Waals surface area contributed by atoms with Gasteiger partial charge in [-0.25, -0.2) is 38.2 Å². The summed E-state index contributed by atoms with van der Waals surface area (Å²) in [5, 5.41) is 4.46. The summed E-state index contributed by atoms with van der Waals surface area (Å²) in [5.74, 6) is -12.7. The van der Waals surface area contributed by atoms with E-state index in [0.717, 1.165) is 43.0 Å². The largest absolute Gasteiger partial charge is 0.437 e. The van der Waals surface area contributed by atoms with Gasteiger partial charge in [-0.15, -0.1) is 0 Å². The van der Waals surface area contributed by atoms with Crippen LogP contribution in [0.15, 0.2) is 261 Å². The van der Waals surface area contributed by atoms with Crippen molar-refractivity contribution in [2.75, 3.05) is 0 Å². The number of aromatic nitrogens is 8. The number of nitrogens with zero attached hydrogens (tertiary/aromatic N) is 8. The monoisotopic (exact) mass is 1840 g/mol. The minimum Gasteiger partial charge on any atom is -0.437 e. The maximum Gasteiger partial charge on any atom is 0.227 e. The molecule has 0 bridgehead atoms. The van der Waals surface area contributed by atoms with E-state index >= 15 is 0 Å². The van der Waals surface area contributed by atoms with Crippen LogP contribution in [0.1, 0.15) is 265 Å². The highest BCUT2D eigenvalue weighted by molar-refractivity contribution is 6.14. The summed E-state index contributed by atoms with van der Waals surface area (Å²) in [6, 6.07) is 59.2. The van der Waals surface area contributed by atoms with Crippen molar-refractivity contribution in [2.45, 2.75) is 185 Å². The second-order valence-corrected chi connectivity index (χ2v) is 35.7. The van der Waals surface area contributed by atoms with E-state index in [1.54, 1.807) is 193 Å². The average molecular weight is 1840 g/mol. The third-order valence-electron chi connectivity index (χ3n) is 27.2. The molecule has 0 radical (unpaired) electrons. The molecule has 0 saturated heterocycles. The fraction of sp³-hybridized carbons (Fsp3) is 0.290. The highest BCUT2D eigenvalue weighted by atomic mass is 16.4. The van der Waals surface area contributed by atoms with Gasteiger partial charge in [0.2, 0.25) is 45.6 Å². The van der Waals surface area contributed by atoms with E-state index in [2.05, 4.69) is 4.98 Å². The fourth-order valence-corrected chi connectivity index (χ4v) is 20.8. The van der Waals surface area contributed by atoms with E-state index in [9.17, 15) is 8.22 Å². The van der Waals surface area contributed by atoms with E-state index in [1.807, 2.05) is 75.7 Å². The summed E-state index contributed by atoms with van der Waals surface area (Å²) in [7, 11) is 7.10. The van der Waals surface area contributed by atoms with Crippen LogP contribution in [0.25, 0.3) is 178 Å². The zero-order valence-corrected chi connectivity index (χ0v) is 76.0. The molecule has 24 rings (SSSR count). The van der Waals surface area contributed by atoms with Crippen molar-refractivity contribution in [3.05, 3.63) is 333 Å². The lowest BCUT2D eigenvalue weighted by atomic mass is 9.64. The SMILES string of the molecule is [2H]C([2H])([2H])CC1(C([2H])([2H])C([2H])([2H])[2H])c2ccccc2-c2cc3c(nc21)oc1c(-c2cc(C([2H])([2H])[2H])cc[n+]2C)c(C)ccc13.[2H]C([2H])([2H])c1cc[n+](C)c(-c2c(C)ccc3c2oc2nc4c(cc23)-c2ccccc2C4(C([2H])(C)C([2H])([2H])[2H])C([2H])(C([2H])([2H])[2H])C([2H])([2H])[2H])c1.[2H]C([2H])([2H])c1cc[n+](C)c(-c2c(C)ccc3c2oc2nc4c(cc23)-c2ccccc2C4(C([2H])([2H])C([2H])(C)C([2H])([2H])[2H])C([2H])([2H])C([2H])(C)C([2H])([2H])[2H])c1.[2H]C([2H])([2H])c1cc[n+](C)c(-c2c(C)ccc3c2oc2nc4c(cc23)-c2ccccc2C4(C([2H])([2H])[2H])C([2H])([2H])[2H])c1. The van der Waals surface area contributed by atoms with E-state index in [-0.39, 0.29) is 112 Å². The minimum atomic E-state index is -3.64. The van der Waals surface area contributed by atoms with E-state index in [4.69, 9.17) is 91.6 Å². The van der Waals surface area contributed by atoms with Gasteiger partial charge in [0.25, 0.3) is 0 Å². The highest BCUT2D eigenvalue weighted by Crippen LogP contribution is 2.60. The number of benzene rings is 8. The van der Waals surface area contributed by atoms with Gasteiger partial charge in [-0.05, 0) is 217 Å². The Morgan fingerprint density at radius 1 is 0.331 bits per heavy atom. The quantitative estimate of drug-likeness (QED) is 0.111. The lowest BCUT2D eigenvalue weighted by Gasteiger charge is -2.39. The molecule has 12 heteroatoms. The number of pyridine rings is 8. The summed E-state index contributed by atoms with van der Waals surface area (Å²) in [4.78, 5) is 18.9. The standard InChI is InChI=1S/C34H37N2O.C32H33N2O.C30H29N2O.C28H25N2O/c1-20(2)18-34(19-21(3)4)28-11-9-8-10-24(28)26-17-27-25-13-12-23(6)30(29-16-22(5)14-15-36(29)7)31(25)37-33(27)35-32(26)34;1-18(2)32(19(3)4)26-11-9-8-10-22(26)24-17-25-23-13-12-21(6)28(27-16-20(5)14-15-34(27)7)29(23)35-31(25)33-30(24)32;1-6-30(7-2)24-11-9-8-10-20(24)22-17-23-21-13-12-19(4)26(25-16-18(3)14-15-32(25)5)27(21)33-29(23)31-28(22)30;1-16-12-13-30(5)23(14-16)24-17(2)10-11-19-21-15-20-18-8-6-7-9-22(18)28(3,4)26(20)29-27(21)31-25(19)24/h8-17,20-21H,18-19H2,1-7H3;8-19H,1-7H3;8-17H,6-7H2,1-5H3;6-15H,1-5H3/q4*+1/i1D3,3D3,5D3,18D2,19D2,20D,21D;1D3,2D3,3D3,5D3,18D,19D;1D3,2D3,3D3,6D2;1D3,3D3,4D3. The van der Waals surface area contributed by atoms with Gasteiger partial charge < -0.3 is 17.7 Å². The first kappa shape index (κ1) is 49.1. The maximum absolute atomic E-state index is 9.61. The molecule has 0 amide bonds. The van der Waals surface area contributed by atoms with Crippen LogP contribution in [0.4, 0.5) is 0 Å². The molecule has 4 aliphatic rings. The van der Waals surface area contributed by atoms with Crippen LogP contribution in [0.3, 0.4) is 0 Å². The van der Waals surface area contributed by atoms with Crippen molar-refractivity contribution in [1.29, 1.82) is 0 Å². The van der Waals surface area contributed by atoms with Crippen molar-refractivity contribution in [1.82, 2.24) is 19.9 Å². The summed E-state index contributed by atoms with van der Waals surface area (Å²) in [5.41, 5.74) is 1.40. The Balaban J connectivity index is 0.000000138. The van der Waals surface area contributed by atoms with Gasteiger partial charge in [0, 0.05) is 203 Å². The van der Waals surface area contributed by atoms with E-state index < -0.39 is 166 Å². The average Bonchev–Trinajstić information content (AvgIpc) is 1.49. The number of fused-ring (bicyclic) bond motifs is 24. The zero-order chi connectivity index (χ0) is 137. The molecule has 5 atom stereocenters. The van der Waals surface area contributed by atoms with Gasteiger partial charge in [0.1, 0.15) is 28.2 Å². The molecule has 0 spiro atoms. The smallest absolute Gasteiger partial charge is 0.227 e. The summed E-state index contributed by atoms with van der Waals surface area (Å²) >= 11 is 0. The molecule has 8 aromatic carbocycles. The number of hydrogen-bond donors (Lipinski definition) is 0. The van der Waals surface area contributed by atoms with Crippen molar-refractivity contribution in [3.63, 3.8) is 0 Å². The topological polar surface area (TPSA) is 120 Å². The molecule has 12 nitrogen and oxygen atoms in total. The second-order valence-electron chi connectivity index (χ2n) is 35.7. The second kappa shape index (κ2) is 33.0. The first-order valence-electron chi connectivity index (χ1n) is 68.7. The Bertz CT molecular complexity index is 10500. The molecular weight excluding hydrogens is 1670 g/mol. The molecule has 0 aliphatic heterocycles. The minimum absolute atomic E-state index is 0.00395. The first-order chi connectivity index (χ1) is 84.7. The molecule has 12 aromatic heterocycles. The summed E-state index contributed by atoms with van der Waals surface area (Å²) < 4.78 is 447. The third kappa shape index (κ3) is 13.6. The van der Waals surface area contributed by atoms with Crippen LogP contribution in [0.2, 0.25) is 0 Å². The van der Waals surface area contributed by atoms with Crippen molar-refractivity contribution < 1.29 is 103 Å². The molecule has 5 unspecified atom stereocenters. The number of aryl methyl sites for hydroxylation is 12. The first-order valence-corrected chi connectivity index (χ1v) is 44.2. The van der Waals surface area contributed by atoms with Crippen LogP contribution in [-0.2, 0) is 49.9 Å². The molecule has 0 N–H and O–H groups in total. The molecule has 12 heterocycles. The summed E-state index contributed by atoms with van der Waals surface area (Å²) in [6.45, 7) is -28.5. The lowest BCUT2D eigenvalue weighted by molar-refractivity contribution is -0.660. The van der Waals surface area contributed by atoms with Crippen molar-refractivity contribution in [3.8, 4) is 89.5 Å². The zero-order valence-electron chi connectivity index (χ0n) is 125. The molecule has 0 fully saturated rings. The Hall–Kier alpha value is -13.8. The van der Waals surface area contributed by atoms with Crippen LogP contribution >= 0.6 is 0 Å². The normalized spacial score (nSPS) is 24.5. The van der Waals surface area contributed by atoms with Crippen molar-refractivity contribution >= 4 is 88.3 Å². The van der Waals surface area contributed by atoms with Crippen LogP contribution < -0.4 is 18.3 Å². The predicted molar refractivity (Wildman–Crippen MR) is 556 cm³/mol. The lowest BCUT2D eigenvalue weighted by Crippen LogP contribution is -2.38. The van der Waals surface area contributed by atoms with Gasteiger partial charge in [0.05, 0.1) is 45.0 Å². The number of furan rings is 4. The molecule has 4 aliphatic carbocycles. The predicted octanol–water partition coefficient (Wildman–Crippen LogP) is 29.7. The van der Waals surface area contributed by atoms with Crippen LogP contribution in [-0.4, -0.2) is 19.9 Å². The molecule has 0 saturated carbocycles. The van der Waals surface area contributed by atoms with E-state index in [0.29, 0.717) is 127 Å².